The minimum absolute atomic E-state index is 0. The second-order valence-corrected chi connectivity index (χ2v) is 8.25. The van der Waals surface area contributed by atoms with Crippen LogP contribution in [0.25, 0.3) is 0 Å². The minimum atomic E-state index is 0. The Hall–Kier alpha value is -0.260. The van der Waals surface area contributed by atoms with Gasteiger partial charge in [0.2, 0.25) is 0 Å². The van der Waals surface area contributed by atoms with Crippen molar-refractivity contribution in [2.24, 2.45) is 17.4 Å². The minimum Gasteiger partial charge on any atom is -0.396 e. The summed E-state index contributed by atoms with van der Waals surface area (Å²) in [5.41, 5.74) is 11.8. The predicted molar refractivity (Wildman–Crippen MR) is 121 cm³/mol. The van der Waals surface area contributed by atoms with Crippen molar-refractivity contribution in [2.45, 2.75) is 129 Å². The monoisotopic (exact) mass is 410 g/mol. The van der Waals surface area contributed by atoms with Crippen LogP contribution in [-0.2, 0) is 0 Å². The van der Waals surface area contributed by atoms with E-state index in [0.717, 1.165) is 19.3 Å². The smallest absolute Gasteiger partial charge is 0.0434 e. The van der Waals surface area contributed by atoms with Gasteiger partial charge in [0.1, 0.15) is 0 Å². The van der Waals surface area contributed by atoms with Crippen LogP contribution in [0.15, 0.2) is 0 Å². The van der Waals surface area contributed by atoms with Gasteiger partial charge in [0.15, 0.2) is 0 Å². The van der Waals surface area contributed by atoms with E-state index < -0.39 is 0 Å². The van der Waals surface area contributed by atoms with Gasteiger partial charge in [0, 0.05) is 12.6 Å². The summed E-state index contributed by atoms with van der Waals surface area (Å²) in [4.78, 5) is 0. The molecule has 0 aliphatic carbocycles. The SMILES string of the molecule is CCCCCCCCCCCCCCCCCC(CCO)C(N)CCN.F.F. The van der Waals surface area contributed by atoms with E-state index in [1.807, 2.05) is 0 Å². The lowest BCUT2D eigenvalue weighted by Gasteiger charge is -2.22. The molecule has 2 atom stereocenters. The molecule has 0 aromatic carbocycles. The topological polar surface area (TPSA) is 72.3 Å². The number of unbranched alkanes of at least 4 members (excludes halogenated alkanes) is 14. The highest BCUT2D eigenvalue weighted by Crippen LogP contribution is 2.19. The van der Waals surface area contributed by atoms with Crippen molar-refractivity contribution in [1.82, 2.24) is 0 Å². The Kier molecular flexibility index (Phi) is 30.9. The molecule has 28 heavy (non-hydrogen) atoms. The van der Waals surface area contributed by atoms with E-state index in [2.05, 4.69) is 6.92 Å². The molecule has 0 amide bonds. The van der Waals surface area contributed by atoms with Crippen molar-refractivity contribution in [3.8, 4) is 0 Å². The number of aliphatic hydroxyl groups is 1. The molecule has 0 aromatic rings. The zero-order valence-corrected chi connectivity index (χ0v) is 18.7. The Bertz CT molecular complexity index is 271. The summed E-state index contributed by atoms with van der Waals surface area (Å²) in [7, 11) is 0. The fraction of sp³-hybridized carbons (Fsp3) is 1.00. The molecule has 0 aliphatic heterocycles. The van der Waals surface area contributed by atoms with E-state index in [1.165, 1.54) is 96.3 Å². The normalized spacial score (nSPS) is 12.9. The fourth-order valence-corrected chi connectivity index (χ4v) is 3.94. The molecule has 2 unspecified atom stereocenters. The van der Waals surface area contributed by atoms with Crippen molar-refractivity contribution in [1.29, 1.82) is 0 Å². The number of nitrogens with two attached hydrogens (primary N) is 2. The lowest BCUT2D eigenvalue weighted by molar-refractivity contribution is 0.230. The number of halogens is 2. The van der Waals surface area contributed by atoms with Gasteiger partial charge >= 0.3 is 0 Å². The van der Waals surface area contributed by atoms with E-state index in [9.17, 15) is 5.11 Å². The molecule has 3 nitrogen and oxygen atoms in total. The second-order valence-electron chi connectivity index (χ2n) is 8.25. The molecule has 0 bridgehead atoms. The molecule has 0 radical (unpaired) electrons. The molecular weight excluding hydrogens is 358 g/mol. The van der Waals surface area contributed by atoms with Crippen LogP contribution in [0.1, 0.15) is 122 Å². The summed E-state index contributed by atoms with van der Waals surface area (Å²) < 4.78 is 0. The third-order valence-corrected chi connectivity index (χ3v) is 5.78. The maximum Gasteiger partial charge on any atom is 0.0434 e. The third kappa shape index (κ3) is 22.0. The fourth-order valence-electron chi connectivity index (χ4n) is 3.94. The highest BCUT2D eigenvalue weighted by molar-refractivity contribution is 4.73. The second kappa shape index (κ2) is 26.7. The number of aliphatic hydroxyl groups excluding tert-OH is 1. The summed E-state index contributed by atoms with van der Waals surface area (Å²) in [5, 5.41) is 9.19. The van der Waals surface area contributed by atoms with Gasteiger partial charge < -0.3 is 16.6 Å². The molecule has 174 valence electrons. The first kappa shape index (κ1) is 32.4. The van der Waals surface area contributed by atoms with Gasteiger partial charge in [-0.3, -0.25) is 9.41 Å². The molecule has 0 aliphatic rings. The lowest BCUT2D eigenvalue weighted by Crippen LogP contribution is -2.33. The summed E-state index contributed by atoms with van der Waals surface area (Å²) in [6, 6.07) is 0.166. The third-order valence-electron chi connectivity index (χ3n) is 5.78. The first-order chi connectivity index (χ1) is 12.8. The van der Waals surface area contributed by atoms with Crippen LogP contribution in [0.3, 0.4) is 0 Å². The molecule has 0 fully saturated rings. The molecule has 0 saturated carbocycles. The first-order valence-corrected chi connectivity index (χ1v) is 11.8. The highest BCUT2D eigenvalue weighted by Gasteiger charge is 2.16. The molecule has 0 rings (SSSR count). The molecule has 0 spiro atoms. The van der Waals surface area contributed by atoms with Gasteiger partial charge in [-0.1, -0.05) is 103 Å². The van der Waals surface area contributed by atoms with Crippen molar-refractivity contribution in [2.75, 3.05) is 13.2 Å². The van der Waals surface area contributed by atoms with Crippen molar-refractivity contribution >= 4 is 0 Å². The van der Waals surface area contributed by atoms with Crippen molar-refractivity contribution in [3.63, 3.8) is 0 Å². The van der Waals surface area contributed by atoms with E-state index in [-0.39, 0.29) is 22.1 Å². The number of hydrogen-bond donors (Lipinski definition) is 3. The van der Waals surface area contributed by atoms with Gasteiger partial charge in [-0.25, -0.2) is 0 Å². The van der Waals surface area contributed by atoms with E-state index in [0.29, 0.717) is 12.5 Å². The van der Waals surface area contributed by atoms with Crippen LogP contribution in [0.4, 0.5) is 9.41 Å². The van der Waals surface area contributed by atoms with E-state index >= 15 is 0 Å². The maximum atomic E-state index is 9.19. The molecular formula is C23H52F2N2O. The van der Waals surface area contributed by atoms with Gasteiger partial charge in [0.05, 0.1) is 0 Å². The molecule has 5 heteroatoms. The van der Waals surface area contributed by atoms with Gasteiger partial charge in [0.25, 0.3) is 0 Å². The van der Waals surface area contributed by atoms with Gasteiger partial charge in [-0.15, -0.1) is 0 Å². The van der Waals surface area contributed by atoms with E-state index in [1.54, 1.807) is 0 Å². The van der Waals surface area contributed by atoms with Crippen LogP contribution in [0.5, 0.6) is 0 Å². The summed E-state index contributed by atoms with van der Waals surface area (Å²) >= 11 is 0. The van der Waals surface area contributed by atoms with Crippen LogP contribution >= 0.6 is 0 Å². The number of rotatable bonds is 21. The summed E-state index contributed by atoms with van der Waals surface area (Å²) in [6.07, 6.45) is 23.9. The van der Waals surface area contributed by atoms with Crippen molar-refractivity contribution in [3.05, 3.63) is 0 Å². The van der Waals surface area contributed by atoms with E-state index in [4.69, 9.17) is 11.5 Å². The summed E-state index contributed by atoms with van der Waals surface area (Å²) in [5.74, 6) is 0.450. The van der Waals surface area contributed by atoms with Crippen molar-refractivity contribution < 1.29 is 14.5 Å². The van der Waals surface area contributed by atoms with Crippen LogP contribution < -0.4 is 11.5 Å². The lowest BCUT2D eigenvalue weighted by atomic mass is 9.89. The Morgan fingerprint density at radius 3 is 1.36 bits per heavy atom. The summed E-state index contributed by atoms with van der Waals surface area (Å²) in [6.45, 7) is 3.19. The first-order valence-electron chi connectivity index (χ1n) is 11.8. The van der Waals surface area contributed by atoms with Gasteiger partial charge in [-0.05, 0) is 31.7 Å². The largest absolute Gasteiger partial charge is 0.396 e. The zero-order valence-electron chi connectivity index (χ0n) is 18.7. The average Bonchev–Trinajstić information content (AvgIpc) is 2.64. The maximum absolute atomic E-state index is 9.19. The quantitative estimate of drug-likeness (QED) is 0.196. The Morgan fingerprint density at radius 2 is 1.00 bits per heavy atom. The molecule has 5 N–H and O–H groups in total. The zero-order chi connectivity index (χ0) is 19.3. The van der Waals surface area contributed by atoms with Crippen LogP contribution in [0.2, 0.25) is 0 Å². The average molecular weight is 411 g/mol. The van der Waals surface area contributed by atoms with Gasteiger partial charge in [-0.2, -0.15) is 0 Å². The van der Waals surface area contributed by atoms with Crippen LogP contribution in [-0.4, -0.2) is 24.3 Å². The Labute approximate surface area is 174 Å². The Morgan fingerprint density at radius 1 is 0.607 bits per heavy atom. The molecule has 0 heterocycles. The Balaban J connectivity index is -0.00000312. The molecule has 0 aromatic heterocycles. The molecule has 0 saturated heterocycles. The predicted octanol–water partition coefficient (Wildman–Crippen LogP) is 6.23. The standard InChI is InChI=1S/C23H50N2O.2FH/c1-2-3-4-5-6-7-8-9-10-11-12-13-14-15-16-17-22(19-21-26)23(25)18-20-24;;/h22-23,26H,2-21,24-25H2,1H3;2*1H. The van der Waals surface area contributed by atoms with Crippen LogP contribution in [0, 0.1) is 5.92 Å². The number of hydrogen-bond acceptors (Lipinski definition) is 3. The highest BCUT2D eigenvalue weighted by atomic mass is 19.0.